The van der Waals surface area contributed by atoms with Crippen LogP contribution in [-0.4, -0.2) is 30.6 Å². The molecule has 1 aliphatic heterocycles. The van der Waals surface area contributed by atoms with E-state index in [4.69, 9.17) is 4.74 Å². The Morgan fingerprint density at radius 2 is 2.17 bits per heavy atom. The van der Waals surface area contributed by atoms with Gasteiger partial charge in [0.1, 0.15) is 6.04 Å². The van der Waals surface area contributed by atoms with E-state index >= 15 is 0 Å². The number of aromatic nitrogens is 1. The van der Waals surface area contributed by atoms with Crippen LogP contribution in [0.4, 0.5) is 10.1 Å². The highest BCUT2D eigenvalue weighted by atomic mass is 19.1. The van der Waals surface area contributed by atoms with Gasteiger partial charge in [-0.05, 0) is 25.0 Å². The van der Waals surface area contributed by atoms with Crippen molar-refractivity contribution in [3.63, 3.8) is 0 Å². The fourth-order valence-electron chi connectivity index (χ4n) is 3.00. The maximum atomic E-state index is 14.1. The summed E-state index contributed by atoms with van der Waals surface area (Å²) in [6.45, 7) is 0.884. The molecule has 1 fully saturated rings. The third-order valence-corrected chi connectivity index (χ3v) is 4.22. The molecule has 5 nitrogen and oxygen atoms in total. The van der Waals surface area contributed by atoms with E-state index < -0.39 is 5.82 Å². The van der Waals surface area contributed by atoms with Crippen LogP contribution in [0.15, 0.2) is 42.6 Å². The van der Waals surface area contributed by atoms with Crippen LogP contribution in [0.2, 0.25) is 0 Å². The number of rotatable bonds is 5. The highest BCUT2D eigenvalue weighted by Crippen LogP contribution is 2.25. The van der Waals surface area contributed by atoms with E-state index in [1.54, 1.807) is 0 Å². The molecule has 3 rings (SSSR count). The lowest BCUT2D eigenvalue weighted by atomic mass is 10.2. The summed E-state index contributed by atoms with van der Waals surface area (Å²) in [4.78, 5) is 18.6. The zero-order valence-electron chi connectivity index (χ0n) is 13.5. The number of anilines is 1. The van der Waals surface area contributed by atoms with Crippen LogP contribution in [0.25, 0.3) is 0 Å². The molecule has 6 heteroatoms. The SMILES string of the molecule is COc1ccnc(CNC(=O)C2CCCN2c2ccccc2)c1F. The van der Waals surface area contributed by atoms with Gasteiger partial charge in [-0.1, -0.05) is 18.2 Å². The third-order valence-electron chi connectivity index (χ3n) is 4.22. The number of nitrogens with one attached hydrogen (secondary N) is 1. The molecule has 1 saturated heterocycles. The van der Waals surface area contributed by atoms with Crippen LogP contribution in [0.3, 0.4) is 0 Å². The van der Waals surface area contributed by atoms with Gasteiger partial charge in [0.05, 0.1) is 19.3 Å². The quantitative estimate of drug-likeness (QED) is 0.916. The molecule has 0 radical (unpaired) electrons. The monoisotopic (exact) mass is 329 g/mol. The molecular weight excluding hydrogens is 309 g/mol. The summed E-state index contributed by atoms with van der Waals surface area (Å²) in [5, 5.41) is 2.79. The maximum Gasteiger partial charge on any atom is 0.243 e. The lowest BCUT2D eigenvalue weighted by molar-refractivity contribution is -0.122. The summed E-state index contributed by atoms with van der Waals surface area (Å²) >= 11 is 0. The second-order valence-electron chi connectivity index (χ2n) is 5.68. The second kappa shape index (κ2) is 7.29. The summed E-state index contributed by atoms with van der Waals surface area (Å²) in [5.41, 5.74) is 1.20. The van der Waals surface area contributed by atoms with Crippen molar-refractivity contribution in [1.82, 2.24) is 10.3 Å². The van der Waals surface area contributed by atoms with Crippen molar-refractivity contribution in [2.75, 3.05) is 18.6 Å². The van der Waals surface area contributed by atoms with Gasteiger partial charge in [-0.15, -0.1) is 0 Å². The van der Waals surface area contributed by atoms with Crippen LogP contribution >= 0.6 is 0 Å². The molecule has 1 amide bonds. The van der Waals surface area contributed by atoms with Gasteiger partial charge in [0.15, 0.2) is 11.6 Å². The first-order valence-corrected chi connectivity index (χ1v) is 7.97. The van der Waals surface area contributed by atoms with Crippen molar-refractivity contribution in [3.05, 3.63) is 54.1 Å². The van der Waals surface area contributed by atoms with Crippen LogP contribution in [0, 0.1) is 5.82 Å². The van der Waals surface area contributed by atoms with E-state index in [0.717, 1.165) is 25.1 Å². The molecule has 24 heavy (non-hydrogen) atoms. The number of benzene rings is 1. The molecule has 0 aliphatic carbocycles. The van der Waals surface area contributed by atoms with Gasteiger partial charge in [0.2, 0.25) is 5.91 Å². The van der Waals surface area contributed by atoms with Crippen molar-refractivity contribution in [2.24, 2.45) is 0 Å². The Balaban J connectivity index is 1.67. The fourth-order valence-corrected chi connectivity index (χ4v) is 3.00. The van der Waals surface area contributed by atoms with Gasteiger partial charge < -0.3 is 15.0 Å². The molecule has 1 aromatic carbocycles. The maximum absolute atomic E-state index is 14.1. The number of para-hydroxylation sites is 1. The Kier molecular flexibility index (Phi) is 4.93. The number of carbonyl (C=O) groups excluding carboxylic acids is 1. The normalized spacial score (nSPS) is 16.9. The highest BCUT2D eigenvalue weighted by molar-refractivity contribution is 5.85. The predicted octanol–water partition coefficient (Wildman–Crippen LogP) is 2.51. The Morgan fingerprint density at radius 3 is 2.92 bits per heavy atom. The molecule has 2 aromatic rings. The molecule has 1 aliphatic rings. The Morgan fingerprint density at radius 1 is 1.38 bits per heavy atom. The zero-order valence-corrected chi connectivity index (χ0v) is 13.5. The summed E-state index contributed by atoms with van der Waals surface area (Å²) in [6.07, 6.45) is 3.21. The van der Waals surface area contributed by atoms with E-state index in [0.29, 0.717) is 0 Å². The van der Waals surface area contributed by atoms with E-state index in [9.17, 15) is 9.18 Å². The first-order chi connectivity index (χ1) is 11.7. The van der Waals surface area contributed by atoms with Crippen LogP contribution < -0.4 is 15.0 Å². The molecule has 1 aromatic heterocycles. The predicted molar refractivity (Wildman–Crippen MR) is 89.4 cm³/mol. The lowest BCUT2D eigenvalue weighted by Gasteiger charge is -2.26. The number of hydrogen-bond acceptors (Lipinski definition) is 4. The average molecular weight is 329 g/mol. The average Bonchev–Trinajstić information content (AvgIpc) is 3.11. The summed E-state index contributed by atoms with van der Waals surface area (Å²) < 4.78 is 19.0. The van der Waals surface area contributed by atoms with Crippen LogP contribution in [-0.2, 0) is 11.3 Å². The number of ether oxygens (including phenoxy) is 1. The number of pyridine rings is 1. The van der Waals surface area contributed by atoms with Gasteiger partial charge in [-0.25, -0.2) is 4.39 Å². The van der Waals surface area contributed by atoms with Gasteiger partial charge in [0.25, 0.3) is 0 Å². The first-order valence-electron chi connectivity index (χ1n) is 7.97. The van der Waals surface area contributed by atoms with Gasteiger partial charge in [-0.2, -0.15) is 0 Å². The fraction of sp³-hybridized carbons (Fsp3) is 0.333. The molecule has 0 bridgehead atoms. The number of amides is 1. The molecule has 2 heterocycles. The van der Waals surface area contributed by atoms with Crippen molar-refractivity contribution < 1.29 is 13.9 Å². The Labute approximate surface area is 140 Å². The second-order valence-corrected chi connectivity index (χ2v) is 5.68. The standard InChI is InChI=1S/C18H20FN3O2/c1-24-16-9-10-20-14(17(16)19)12-21-18(23)15-8-5-11-22(15)13-6-3-2-4-7-13/h2-4,6-7,9-10,15H,5,8,11-12H2,1H3,(H,21,23). The molecule has 1 N–H and O–H groups in total. The molecule has 0 saturated carbocycles. The highest BCUT2D eigenvalue weighted by Gasteiger charge is 2.30. The number of carbonyl (C=O) groups is 1. The molecule has 0 spiro atoms. The van der Waals surface area contributed by atoms with E-state index in [2.05, 4.69) is 15.2 Å². The Bertz CT molecular complexity index is 709. The number of hydrogen-bond donors (Lipinski definition) is 1. The summed E-state index contributed by atoms with van der Waals surface area (Å²) in [7, 11) is 1.40. The molecular formula is C18H20FN3O2. The number of halogens is 1. The van der Waals surface area contributed by atoms with Gasteiger partial charge in [-0.3, -0.25) is 9.78 Å². The number of methoxy groups -OCH3 is 1. The Hall–Kier alpha value is -2.63. The minimum Gasteiger partial charge on any atom is -0.494 e. The minimum absolute atomic E-state index is 0.0427. The van der Waals surface area contributed by atoms with E-state index in [-0.39, 0.29) is 29.9 Å². The topological polar surface area (TPSA) is 54.5 Å². The third kappa shape index (κ3) is 3.32. The van der Waals surface area contributed by atoms with Crippen LogP contribution in [0.5, 0.6) is 5.75 Å². The van der Waals surface area contributed by atoms with Crippen molar-refractivity contribution in [2.45, 2.75) is 25.4 Å². The minimum atomic E-state index is -0.536. The van der Waals surface area contributed by atoms with Gasteiger partial charge in [0, 0.05) is 24.5 Å². The first kappa shape index (κ1) is 16.2. The summed E-state index contributed by atoms with van der Waals surface area (Å²) in [5.74, 6) is -0.520. The largest absolute Gasteiger partial charge is 0.494 e. The molecule has 1 atom stereocenters. The van der Waals surface area contributed by atoms with E-state index in [1.165, 1.54) is 19.4 Å². The van der Waals surface area contributed by atoms with Crippen molar-refractivity contribution in [1.29, 1.82) is 0 Å². The summed E-state index contributed by atoms with van der Waals surface area (Å²) in [6, 6.07) is 11.1. The number of nitrogens with zero attached hydrogens (tertiary/aromatic N) is 2. The van der Waals surface area contributed by atoms with Crippen LogP contribution in [0.1, 0.15) is 18.5 Å². The smallest absolute Gasteiger partial charge is 0.243 e. The van der Waals surface area contributed by atoms with Gasteiger partial charge >= 0.3 is 0 Å². The van der Waals surface area contributed by atoms with E-state index in [1.807, 2.05) is 30.3 Å². The van der Waals surface area contributed by atoms with Crippen molar-refractivity contribution >= 4 is 11.6 Å². The van der Waals surface area contributed by atoms with Crippen molar-refractivity contribution in [3.8, 4) is 5.75 Å². The lowest BCUT2D eigenvalue weighted by Crippen LogP contribution is -2.43. The molecule has 126 valence electrons. The zero-order chi connectivity index (χ0) is 16.9. The molecule has 1 unspecified atom stereocenters.